The van der Waals surface area contributed by atoms with Crippen molar-refractivity contribution in [3.63, 3.8) is 0 Å². The van der Waals surface area contributed by atoms with Crippen LogP contribution in [-0.2, 0) is 13.5 Å². The highest BCUT2D eigenvalue weighted by atomic mass is 16.6. The number of nitrogens with one attached hydrogen (secondary N) is 1. The summed E-state index contributed by atoms with van der Waals surface area (Å²) in [7, 11) is 2.95. The Bertz CT molecular complexity index is 425. The Morgan fingerprint density at radius 2 is 2.25 bits per heavy atom. The molecule has 0 aliphatic carbocycles. The molecule has 1 aromatic rings. The Balaban J connectivity index is 3.35. The molecule has 0 spiro atoms. The molecule has 0 atom stereocenters. The van der Waals surface area contributed by atoms with Crippen molar-refractivity contribution in [2.45, 2.75) is 19.8 Å². The number of hydrogen-bond acceptors (Lipinski definition) is 4. The zero-order chi connectivity index (χ0) is 12.3. The number of aromatic nitrogens is 2. The average molecular weight is 226 g/mol. The molecule has 0 aromatic carbocycles. The summed E-state index contributed by atoms with van der Waals surface area (Å²) in [5.74, 6) is -0.496. The molecule has 16 heavy (non-hydrogen) atoms. The maximum Gasteiger partial charge on any atom is 0.323 e. The van der Waals surface area contributed by atoms with Gasteiger partial charge in [0.1, 0.15) is 5.69 Å². The van der Waals surface area contributed by atoms with Crippen LogP contribution in [-0.4, -0.2) is 27.7 Å². The highest BCUT2D eigenvalue weighted by molar-refractivity contribution is 5.96. The van der Waals surface area contributed by atoms with E-state index in [1.807, 2.05) is 6.92 Å². The molecule has 7 heteroatoms. The molecule has 0 saturated carbocycles. The highest BCUT2D eigenvalue weighted by Gasteiger charge is 2.29. The first kappa shape index (κ1) is 12.2. The van der Waals surface area contributed by atoms with Crippen molar-refractivity contribution in [3.8, 4) is 0 Å². The van der Waals surface area contributed by atoms with Gasteiger partial charge in [0.15, 0.2) is 0 Å². The van der Waals surface area contributed by atoms with Gasteiger partial charge in [-0.1, -0.05) is 13.3 Å². The van der Waals surface area contributed by atoms with E-state index in [9.17, 15) is 14.9 Å². The van der Waals surface area contributed by atoms with E-state index >= 15 is 0 Å². The second kappa shape index (κ2) is 4.73. The Hall–Kier alpha value is -1.92. The summed E-state index contributed by atoms with van der Waals surface area (Å²) in [6.07, 6.45) is 1.23. The van der Waals surface area contributed by atoms with Gasteiger partial charge >= 0.3 is 5.69 Å². The zero-order valence-corrected chi connectivity index (χ0v) is 9.48. The molecule has 0 aliphatic heterocycles. The number of carbonyl (C=O) groups is 1. The molecule has 0 aliphatic rings. The lowest BCUT2D eigenvalue weighted by Gasteiger charge is -1.98. The van der Waals surface area contributed by atoms with Crippen LogP contribution in [0.15, 0.2) is 0 Å². The molecule has 1 rings (SSSR count). The van der Waals surface area contributed by atoms with Gasteiger partial charge in [-0.15, -0.1) is 0 Å². The van der Waals surface area contributed by atoms with E-state index in [0.29, 0.717) is 12.1 Å². The van der Waals surface area contributed by atoms with E-state index in [2.05, 4.69) is 10.4 Å². The van der Waals surface area contributed by atoms with Crippen molar-refractivity contribution in [2.24, 2.45) is 7.05 Å². The third kappa shape index (κ3) is 2.02. The lowest BCUT2D eigenvalue weighted by molar-refractivity contribution is -0.385. The summed E-state index contributed by atoms with van der Waals surface area (Å²) < 4.78 is 1.25. The third-order valence-electron chi connectivity index (χ3n) is 2.20. The Kier molecular flexibility index (Phi) is 3.60. The van der Waals surface area contributed by atoms with E-state index in [4.69, 9.17) is 0 Å². The van der Waals surface area contributed by atoms with Crippen LogP contribution in [0.1, 0.15) is 29.5 Å². The largest absolute Gasteiger partial charge is 0.354 e. The topological polar surface area (TPSA) is 90.1 Å². The fourth-order valence-electron chi connectivity index (χ4n) is 1.54. The predicted molar refractivity (Wildman–Crippen MR) is 57.2 cm³/mol. The van der Waals surface area contributed by atoms with Crippen LogP contribution in [0.25, 0.3) is 0 Å². The Labute approximate surface area is 92.6 Å². The summed E-state index contributed by atoms with van der Waals surface area (Å²) in [6.45, 7) is 1.90. The molecule has 1 heterocycles. The molecule has 88 valence electrons. The molecule has 7 nitrogen and oxygen atoms in total. The monoisotopic (exact) mass is 226 g/mol. The van der Waals surface area contributed by atoms with Gasteiger partial charge in [-0.25, -0.2) is 0 Å². The van der Waals surface area contributed by atoms with Crippen LogP contribution >= 0.6 is 0 Å². The quantitative estimate of drug-likeness (QED) is 0.602. The SMILES string of the molecule is CCCc1nn(C)c(C(=O)NC)c1[N+](=O)[O-]. The van der Waals surface area contributed by atoms with Crippen molar-refractivity contribution in [1.29, 1.82) is 0 Å². The van der Waals surface area contributed by atoms with Crippen molar-refractivity contribution in [1.82, 2.24) is 15.1 Å². The number of hydrogen-bond donors (Lipinski definition) is 1. The van der Waals surface area contributed by atoms with Gasteiger partial charge in [0.25, 0.3) is 5.91 Å². The van der Waals surface area contributed by atoms with Gasteiger partial charge in [0, 0.05) is 14.1 Å². The number of nitro groups is 1. The first-order valence-corrected chi connectivity index (χ1v) is 4.95. The van der Waals surface area contributed by atoms with Gasteiger partial charge in [-0.2, -0.15) is 5.10 Å². The van der Waals surface area contributed by atoms with Crippen LogP contribution < -0.4 is 5.32 Å². The van der Waals surface area contributed by atoms with Gasteiger partial charge in [-0.3, -0.25) is 19.6 Å². The van der Waals surface area contributed by atoms with E-state index in [1.54, 1.807) is 0 Å². The van der Waals surface area contributed by atoms with Gasteiger partial charge in [0.2, 0.25) is 5.69 Å². The normalized spacial score (nSPS) is 10.2. The maximum atomic E-state index is 11.5. The maximum absolute atomic E-state index is 11.5. The van der Waals surface area contributed by atoms with Crippen molar-refractivity contribution < 1.29 is 9.72 Å². The summed E-state index contributed by atoms with van der Waals surface area (Å²) in [5.41, 5.74) is 0.160. The van der Waals surface area contributed by atoms with Crippen LogP contribution in [0.5, 0.6) is 0 Å². The molecule has 0 bridgehead atoms. The first-order chi connectivity index (χ1) is 7.52. The van der Waals surface area contributed by atoms with Crippen LogP contribution in [0.4, 0.5) is 5.69 Å². The van der Waals surface area contributed by atoms with Crippen LogP contribution in [0.2, 0.25) is 0 Å². The molecule has 0 fully saturated rings. The number of carbonyl (C=O) groups excluding carboxylic acids is 1. The zero-order valence-electron chi connectivity index (χ0n) is 9.48. The minimum absolute atomic E-state index is 0.00375. The van der Waals surface area contributed by atoms with Crippen molar-refractivity contribution >= 4 is 11.6 Å². The molecule has 1 N–H and O–H groups in total. The minimum Gasteiger partial charge on any atom is -0.354 e. The fraction of sp³-hybridized carbons (Fsp3) is 0.556. The fourth-order valence-corrected chi connectivity index (χ4v) is 1.54. The molecular weight excluding hydrogens is 212 g/mol. The number of nitrogens with zero attached hydrogens (tertiary/aromatic N) is 3. The third-order valence-corrected chi connectivity index (χ3v) is 2.20. The van der Waals surface area contributed by atoms with Gasteiger partial charge < -0.3 is 5.32 Å². The van der Waals surface area contributed by atoms with Crippen LogP contribution in [0.3, 0.4) is 0 Å². The second-order valence-electron chi connectivity index (χ2n) is 3.35. The van der Waals surface area contributed by atoms with Crippen LogP contribution in [0, 0.1) is 10.1 Å². The Morgan fingerprint density at radius 3 is 2.69 bits per heavy atom. The molecule has 0 unspecified atom stereocenters. The van der Waals surface area contributed by atoms with Crippen molar-refractivity contribution in [3.05, 3.63) is 21.5 Å². The number of amides is 1. The van der Waals surface area contributed by atoms with E-state index in [-0.39, 0.29) is 11.4 Å². The highest BCUT2D eigenvalue weighted by Crippen LogP contribution is 2.23. The summed E-state index contributed by atoms with van der Waals surface area (Å²) in [4.78, 5) is 21.9. The second-order valence-corrected chi connectivity index (χ2v) is 3.35. The molecular formula is C9H14N4O3. The van der Waals surface area contributed by atoms with E-state index < -0.39 is 10.8 Å². The van der Waals surface area contributed by atoms with Gasteiger partial charge in [0.05, 0.1) is 4.92 Å². The number of aryl methyl sites for hydroxylation is 2. The average Bonchev–Trinajstić information content (AvgIpc) is 2.54. The molecule has 0 saturated heterocycles. The smallest absolute Gasteiger partial charge is 0.323 e. The standard InChI is InChI=1S/C9H14N4O3/c1-4-5-6-7(13(15)16)8(9(14)10-2)12(3)11-6/h4-5H2,1-3H3,(H,10,14). The molecule has 1 aromatic heterocycles. The lowest BCUT2D eigenvalue weighted by Crippen LogP contribution is -2.22. The molecule has 1 amide bonds. The van der Waals surface area contributed by atoms with Crippen molar-refractivity contribution in [2.75, 3.05) is 7.05 Å². The van der Waals surface area contributed by atoms with E-state index in [1.165, 1.54) is 18.8 Å². The summed E-state index contributed by atoms with van der Waals surface area (Å²) in [6, 6.07) is 0. The minimum atomic E-state index is -0.553. The predicted octanol–water partition coefficient (Wildman–Crippen LogP) is 0.640. The Morgan fingerprint density at radius 1 is 1.62 bits per heavy atom. The van der Waals surface area contributed by atoms with Gasteiger partial charge in [-0.05, 0) is 6.42 Å². The summed E-state index contributed by atoms with van der Waals surface area (Å²) in [5, 5.41) is 17.3. The molecule has 0 radical (unpaired) electrons. The first-order valence-electron chi connectivity index (χ1n) is 4.95. The number of rotatable bonds is 4. The summed E-state index contributed by atoms with van der Waals surface area (Å²) >= 11 is 0. The van der Waals surface area contributed by atoms with E-state index in [0.717, 1.165) is 6.42 Å². The lowest BCUT2D eigenvalue weighted by atomic mass is 10.2.